The molecule has 15 heavy (non-hydrogen) atoms. The van der Waals surface area contributed by atoms with Gasteiger partial charge in [0.25, 0.3) is 0 Å². The molecule has 0 nitrogen and oxygen atoms in total. The average molecular weight is 259 g/mol. The van der Waals surface area contributed by atoms with E-state index < -0.39 is 0 Å². The van der Waals surface area contributed by atoms with Crippen molar-refractivity contribution in [1.29, 1.82) is 0 Å². The Labute approximate surface area is 98.4 Å². The Bertz CT molecular complexity index is 544. The van der Waals surface area contributed by atoms with Crippen LogP contribution in [0.1, 0.15) is 11.1 Å². The Morgan fingerprint density at radius 2 is 1.80 bits per heavy atom. The first-order valence-electron chi connectivity index (χ1n) is 4.86. The van der Waals surface area contributed by atoms with Crippen molar-refractivity contribution in [3.63, 3.8) is 0 Å². The lowest BCUT2D eigenvalue weighted by atomic mass is 10.0. The highest BCUT2D eigenvalue weighted by Gasteiger charge is 1.99. The van der Waals surface area contributed by atoms with Gasteiger partial charge in [0.1, 0.15) is 0 Å². The zero-order valence-corrected chi connectivity index (χ0v) is 10.1. The predicted molar refractivity (Wildman–Crippen MR) is 69.4 cm³/mol. The highest BCUT2D eigenvalue weighted by atomic mass is 79.9. The molecule has 2 aromatic rings. The van der Waals surface area contributed by atoms with Crippen LogP contribution in [0.5, 0.6) is 0 Å². The Morgan fingerprint density at radius 3 is 2.53 bits per heavy atom. The van der Waals surface area contributed by atoms with Crippen molar-refractivity contribution < 1.29 is 0 Å². The Kier molecular flexibility index (Phi) is 3.08. The summed E-state index contributed by atoms with van der Waals surface area (Å²) in [6, 6.07) is 12.6. The van der Waals surface area contributed by atoms with Gasteiger partial charge in [-0.2, -0.15) is 0 Å². The summed E-state index contributed by atoms with van der Waals surface area (Å²) < 4.78 is 0. The third-order valence-corrected chi connectivity index (χ3v) is 2.71. The van der Waals surface area contributed by atoms with Crippen molar-refractivity contribution in [1.82, 2.24) is 0 Å². The summed E-state index contributed by atoms with van der Waals surface area (Å²) in [7, 11) is 0. The molecule has 0 atom stereocenters. The summed E-state index contributed by atoms with van der Waals surface area (Å²) in [4.78, 5) is 0. The van der Waals surface area contributed by atoms with Crippen LogP contribution in [0.15, 0.2) is 36.4 Å². The third kappa shape index (κ3) is 2.06. The molecular weight excluding hydrogens is 248 g/mol. The summed E-state index contributed by atoms with van der Waals surface area (Å²) >= 11 is 3.31. The van der Waals surface area contributed by atoms with Crippen molar-refractivity contribution >= 4 is 26.7 Å². The predicted octanol–water partition coefficient (Wildman–Crippen LogP) is 3.89. The van der Waals surface area contributed by atoms with Gasteiger partial charge in [0, 0.05) is 5.56 Å². The van der Waals surface area contributed by atoms with E-state index in [9.17, 15) is 0 Å². The van der Waals surface area contributed by atoms with Crippen molar-refractivity contribution in [3.05, 3.63) is 47.5 Å². The third-order valence-electron chi connectivity index (χ3n) is 2.43. The van der Waals surface area contributed by atoms with E-state index in [4.69, 9.17) is 0 Å². The minimum atomic E-state index is 0.717. The van der Waals surface area contributed by atoms with E-state index in [0.717, 1.165) is 10.9 Å². The first kappa shape index (κ1) is 10.3. The minimum absolute atomic E-state index is 0.717. The zero-order valence-electron chi connectivity index (χ0n) is 8.55. The number of halogens is 1. The molecule has 0 aromatic heterocycles. The molecule has 2 aromatic carbocycles. The number of aryl methyl sites for hydroxylation is 1. The normalized spacial score (nSPS) is 9.73. The van der Waals surface area contributed by atoms with Gasteiger partial charge in [-0.3, -0.25) is 0 Å². The summed E-state index contributed by atoms with van der Waals surface area (Å²) in [5, 5.41) is 3.25. The maximum absolute atomic E-state index is 3.31. The fourth-order valence-electron chi connectivity index (χ4n) is 1.69. The molecule has 0 aliphatic carbocycles. The van der Waals surface area contributed by atoms with Gasteiger partial charge in [0.2, 0.25) is 0 Å². The molecule has 0 fully saturated rings. The van der Waals surface area contributed by atoms with Crippen molar-refractivity contribution in [2.24, 2.45) is 0 Å². The first-order valence-corrected chi connectivity index (χ1v) is 5.98. The molecule has 0 spiro atoms. The molecule has 0 aliphatic heterocycles. The van der Waals surface area contributed by atoms with E-state index >= 15 is 0 Å². The SMILES string of the molecule is Cc1ccc(C#CCBr)c2ccccc12. The van der Waals surface area contributed by atoms with E-state index in [1.165, 1.54) is 16.3 Å². The number of alkyl halides is 1. The maximum atomic E-state index is 3.31. The molecule has 2 rings (SSSR count). The second kappa shape index (κ2) is 4.51. The lowest BCUT2D eigenvalue weighted by Gasteiger charge is -2.03. The van der Waals surface area contributed by atoms with E-state index in [2.05, 4.69) is 71.1 Å². The average Bonchev–Trinajstić information content (AvgIpc) is 2.29. The van der Waals surface area contributed by atoms with Gasteiger partial charge in [-0.1, -0.05) is 58.1 Å². The van der Waals surface area contributed by atoms with Crippen molar-refractivity contribution in [2.45, 2.75) is 6.92 Å². The molecule has 0 radical (unpaired) electrons. The molecule has 0 amide bonds. The van der Waals surface area contributed by atoms with E-state index in [-0.39, 0.29) is 0 Å². The van der Waals surface area contributed by atoms with Crippen LogP contribution in [-0.4, -0.2) is 5.33 Å². The number of hydrogen-bond donors (Lipinski definition) is 0. The van der Waals surface area contributed by atoms with Crippen LogP contribution in [-0.2, 0) is 0 Å². The second-order valence-electron chi connectivity index (χ2n) is 3.41. The minimum Gasteiger partial charge on any atom is -0.0863 e. The fraction of sp³-hybridized carbons (Fsp3) is 0.143. The maximum Gasteiger partial charge on any atom is 0.0649 e. The molecule has 0 bridgehead atoms. The molecule has 74 valence electrons. The Balaban J connectivity index is 2.72. The summed E-state index contributed by atoms with van der Waals surface area (Å²) in [5.74, 6) is 6.21. The second-order valence-corrected chi connectivity index (χ2v) is 3.97. The lowest BCUT2D eigenvalue weighted by Crippen LogP contribution is -1.83. The molecule has 0 unspecified atom stereocenters. The number of rotatable bonds is 0. The van der Waals surface area contributed by atoms with Gasteiger partial charge in [-0.25, -0.2) is 0 Å². The number of benzene rings is 2. The molecule has 0 aliphatic rings. The molecule has 1 heteroatoms. The number of hydrogen-bond acceptors (Lipinski definition) is 0. The van der Waals surface area contributed by atoms with Gasteiger partial charge in [0.15, 0.2) is 0 Å². The van der Waals surface area contributed by atoms with Gasteiger partial charge < -0.3 is 0 Å². The largest absolute Gasteiger partial charge is 0.0863 e. The highest BCUT2D eigenvalue weighted by Crippen LogP contribution is 2.21. The van der Waals surface area contributed by atoms with Crippen LogP contribution in [0, 0.1) is 18.8 Å². The van der Waals surface area contributed by atoms with Crippen LogP contribution < -0.4 is 0 Å². The Hall–Kier alpha value is -1.26. The standard InChI is InChI=1S/C14H11Br/c1-11-8-9-12(5-4-10-15)14-7-3-2-6-13(11)14/h2-3,6-9H,10H2,1H3. The topological polar surface area (TPSA) is 0 Å². The summed E-state index contributed by atoms with van der Waals surface area (Å²) in [5.41, 5.74) is 2.41. The van der Waals surface area contributed by atoms with E-state index in [1.807, 2.05) is 0 Å². The molecule has 0 N–H and O–H groups in total. The molecule has 0 saturated heterocycles. The van der Waals surface area contributed by atoms with Gasteiger partial charge in [-0.15, -0.1) is 0 Å². The van der Waals surface area contributed by atoms with Gasteiger partial charge in [-0.05, 0) is 29.3 Å². The molecule has 0 heterocycles. The molecular formula is C14H11Br. The van der Waals surface area contributed by atoms with Crippen molar-refractivity contribution in [3.8, 4) is 11.8 Å². The number of fused-ring (bicyclic) bond motifs is 1. The van der Waals surface area contributed by atoms with Gasteiger partial charge >= 0.3 is 0 Å². The Morgan fingerprint density at radius 1 is 1.07 bits per heavy atom. The van der Waals surface area contributed by atoms with Crippen molar-refractivity contribution in [2.75, 3.05) is 5.33 Å². The summed E-state index contributed by atoms with van der Waals surface area (Å²) in [6.45, 7) is 2.13. The fourth-order valence-corrected chi connectivity index (χ4v) is 1.83. The monoisotopic (exact) mass is 258 g/mol. The summed E-state index contributed by atoms with van der Waals surface area (Å²) in [6.07, 6.45) is 0. The van der Waals surface area contributed by atoms with Crippen LogP contribution >= 0.6 is 15.9 Å². The van der Waals surface area contributed by atoms with Crippen LogP contribution in [0.4, 0.5) is 0 Å². The van der Waals surface area contributed by atoms with Crippen LogP contribution in [0.3, 0.4) is 0 Å². The lowest BCUT2D eigenvalue weighted by molar-refractivity contribution is 1.52. The van der Waals surface area contributed by atoms with Crippen LogP contribution in [0.2, 0.25) is 0 Å². The van der Waals surface area contributed by atoms with E-state index in [0.29, 0.717) is 0 Å². The highest BCUT2D eigenvalue weighted by molar-refractivity contribution is 9.09. The van der Waals surface area contributed by atoms with Crippen LogP contribution in [0.25, 0.3) is 10.8 Å². The van der Waals surface area contributed by atoms with E-state index in [1.54, 1.807) is 0 Å². The smallest absolute Gasteiger partial charge is 0.0649 e. The quantitative estimate of drug-likeness (QED) is 0.497. The van der Waals surface area contributed by atoms with Gasteiger partial charge in [0.05, 0.1) is 5.33 Å². The first-order chi connectivity index (χ1) is 7.33. The molecule has 0 saturated carbocycles. The zero-order chi connectivity index (χ0) is 10.7.